The Hall–Kier alpha value is -3.05. The highest BCUT2D eigenvalue weighted by atomic mass is 32.2. The summed E-state index contributed by atoms with van der Waals surface area (Å²) in [4.78, 5) is 19.0. The van der Waals surface area contributed by atoms with Crippen LogP contribution in [0.25, 0.3) is 0 Å². The summed E-state index contributed by atoms with van der Waals surface area (Å²) < 4.78 is 55.8. The molecule has 2 aromatic rings. The van der Waals surface area contributed by atoms with Crippen LogP contribution in [0.5, 0.6) is 5.75 Å². The minimum Gasteiger partial charge on any atom is -0.434 e. The van der Waals surface area contributed by atoms with Gasteiger partial charge in [0.05, 0.1) is 11.1 Å². The molecule has 11 heteroatoms. The molecule has 0 spiro atoms. The number of rotatable bonds is 8. The molecule has 0 aromatic heterocycles. The zero-order valence-electron chi connectivity index (χ0n) is 16.4. The second-order valence-corrected chi connectivity index (χ2v) is 8.46. The molecule has 1 heterocycles. The number of nitrogens with zero attached hydrogens (tertiary/aromatic N) is 3. The van der Waals surface area contributed by atoms with Gasteiger partial charge in [0.1, 0.15) is 5.75 Å². The Kier molecular flexibility index (Phi) is 7.53. The van der Waals surface area contributed by atoms with E-state index in [4.69, 9.17) is 4.84 Å². The maximum atomic E-state index is 12.6. The molecule has 1 amide bonds. The van der Waals surface area contributed by atoms with Gasteiger partial charge in [-0.25, -0.2) is 8.42 Å². The largest absolute Gasteiger partial charge is 0.434 e. The number of hydrogen-bond donors (Lipinski definition) is 0. The fourth-order valence-electron chi connectivity index (χ4n) is 2.99. The van der Waals surface area contributed by atoms with Crippen molar-refractivity contribution in [1.29, 1.82) is 0 Å². The van der Waals surface area contributed by atoms with E-state index in [0.29, 0.717) is 0 Å². The fourth-order valence-corrected chi connectivity index (χ4v) is 4.43. The lowest BCUT2D eigenvalue weighted by molar-refractivity contribution is -0.137. The molecule has 3 rings (SSSR count). The Bertz CT molecular complexity index is 1010. The molecule has 1 aliphatic rings. The number of sulfonamides is 1. The first-order chi connectivity index (χ1) is 14.9. The maximum absolute atomic E-state index is 12.6. The van der Waals surface area contributed by atoms with E-state index in [1.807, 2.05) is 0 Å². The molecule has 1 saturated heterocycles. The van der Waals surface area contributed by atoms with E-state index in [-0.39, 0.29) is 54.9 Å². The third-order valence-corrected chi connectivity index (χ3v) is 6.47. The van der Waals surface area contributed by atoms with Crippen LogP contribution in [0.4, 0.5) is 8.78 Å². The number of halogens is 2. The van der Waals surface area contributed by atoms with E-state index >= 15 is 0 Å². The minimum atomic E-state index is -3.60. The molecule has 0 aliphatic carbocycles. The summed E-state index contributed by atoms with van der Waals surface area (Å²) in [6, 6.07) is 14.1. The molecule has 0 radical (unpaired) electrons. The average Bonchev–Trinajstić information content (AvgIpc) is 2.78. The Balaban J connectivity index is 1.48. The van der Waals surface area contributed by atoms with E-state index in [0.717, 1.165) is 0 Å². The summed E-state index contributed by atoms with van der Waals surface area (Å²) in [6.07, 6.45) is 1.18. The molecule has 0 N–H and O–H groups in total. The molecule has 0 bridgehead atoms. The van der Waals surface area contributed by atoms with Crippen LogP contribution in [0.15, 0.2) is 64.6 Å². The summed E-state index contributed by atoms with van der Waals surface area (Å²) in [7, 11) is -3.60. The Morgan fingerprint density at radius 1 is 1.03 bits per heavy atom. The molecule has 166 valence electrons. The number of hydrogen-bond acceptors (Lipinski definition) is 6. The van der Waals surface area contributed by atoms with Crippen molar-refractivity contribution in [2.75, 3.05) is 32.8 Å². The molecule has 2 aromatic carbocycles. The summed E-state index contributed by atoms with van der Waals surface area (Å²) in [5, 5.41) is 3.63. The molecule has 0 atom stereocenters. The van der Waals surface area contributed by atoms with Crippen molar-refractivity contribution in [2.45, 2.75) is 11.5 Å². The van der Waals surface area contributed by atoms with Gasteiger partial charge in [-0.2, -0.15) is 13.1 Å². The van der Waals surface area contributed by atoms with Gasteiger partial charge >= 0.3 is 6.61 Å². The molecule has 1 aliphatic heterocycles. The highest BCUT2D eigenvalue weighted by molar-refractivity contribution is 7.89. The fraction of sp³-hybridized carbons (Fsp3) is 0.300. The number of carbonyl (C=O) groups is 1. The van der Waals surface area contributed by atoms with Gasteiger partial charge in [0, 0.05) is 31.7 Å². The summed E-state index contributed by atoms with van der Waals surface area (Å²) in [5.41, 5.74) is 0.273. The van der Waals surface area contributed by atoms with Crippen molar-refractivity contribution in [3.63, 3.8) is 0 Å². The van der Waals surface area contributed by atoms with E-state index in [1.54, 1.807) is 24.3 Å². The number of benzene rings is 2. The maximum Gasteiger partial charge on any atom is 0.387 e. The summed E-state index contributed by atoms with van der Waals surface area (Å²) in [6.45, 7) is -2.54. The van der Waals surface area contributed by atoms with E-state index in [2.05, 4.69) is 9.89 Å². The van der Waals surface area contributed by atoms with Crippen LogP contribution >= 0.6 is 0 Å². The first-order valence-electron chi connectivity index (χ1n) is 9.40. The molecule has 31 heavy (non-hydrogen) atoms. The molecule has 0 saturated carbocycles. The predicted molar refractivity (Wildman–Crippen MR) is 108 cm³/mol. The lowest BCUT2D eigenvalue weighted by Gasteiger charge is -2.33. The topological polar surface area (TPSA) is 88.5 Å². The smallest absolute Gasteiger partial charge is 0.387 e. The Labute approximate surface area is 178 Å². The standard InChI is InChI=1S/C20H21F2N3O5S/c21-20(22)30-18-9-5-4-6-16(18)14-23-29-15-19(26)24-10-12-25(13-11-24)31(27,28)17-7-2-1-3-8-17/h1-9,14,20H,10-13,15H2/b23-14+. The van der Waals surface area contributed by atoms with Crippen molar-refractivity contribution in [2.24, 2.45) is 5.16 Å². The lowest BCUT2D eigenvalue weighted by Crippen LogP contribution is -2.51. The number of ether oxygens (including phenoxy) is 1. The van der Waals surface area contributed by atoms with Gasteiger partial charge in [-0.1, -0.05) is 35.5 Å². The number of alkyl halides is 2. The molecular formula is C20H21F2N3O5S. The first kappa shape index (κ1) is 22.6. The van der Waals surface area contributed by atoms with Crippen molar-refractivity contribution < 1.29 is 31.6 Å². The third-order valence-electron chi connectivity index (χ3n) is 4.56. The zero-order valence-corrected chi connectivity index (χ0v) is 17.2. The average molecular weight is 453 g/mol. The number of para-hydroxylation sites is 1. The first-order valence-corrected chi connectivity index (χ1v) is 10.8. The highest BCUT2D eigenvalue weighted by Gasteiger charge is 2.30. The van der Waals surface area contributed by atoms with Gasteiger partial charge in [-0.15, -0.1) is 0 Å². The van der Waals surface area contributed by atoms with Crippen LogP contribution < -0.4 is 4.74 Å². The van der Waals surface area contributed by atoms with E-state index in [9.17, 15) is 22.0 Å². The van der Waals surface area contributed by atoms with Crippen LogP contribution in [0.1, 0.15) is 5.56 Å². The van der Waals surface area contributed by atoms with Gasteiger partial charge in [0.15, 0.2) is 6.61 Å². The van der Waals surface area contributed by atoms with Crippen molar-refractivity contribution in [3.8, 4) is 5.75 Å². The van der Waals surface area contributed by atoms with Gasteiger partial charge in [0.25, 0.3) is 5.91 Å². The Morgan fingerprint density at radius 3 is 2.35 bits per heavy atom. The summed E-state index contributed by atoms with van der Waals surface area (Å²) in [5.74, 6) is -0.419. The van der Waals surface area contributed by atoms with Gasteiger partial charge in [0.2, 0.25) is 10.0 Å². The highest BCUT2D eigenvalue weighted by Crippen LogP contribution is 2.19. The van der Waals surface area contributed by atoms with Crippen LogP contribution in [0.3, 0.4) is 0 Å². The van der Waals surface area contributed by atoms with E-state index < -0.39 is 16.6 Å². The second kappa shape index (κ2) is 10.3. The van der Waals surface area contributed by atoms with Crippen molar-refractivity contribution >= 4 is 22.1 Å². The van der Waals surface area contributed by atoms with Crippen LogP contribution in [0, 0.1) is 0 Å². The summed E-state index contributed by atoms with van der Waals surface area (Å²) >= 11 is 0. The minimum absolute atomic E-state index is 0.0630. The SMILES string of the molecule is O=C(CO/N=C/c1ccccc1OC(F)F)N1CCN(S(=O)(=O)c2ccccc2)CC1. The van der Waals surface area contributed by atoms with Gasteiger partial charge < -0.3 is 14.5 Å². The van der Waals surface area contributed by atoms with Crippen molar-refractivity contribution in [1.82, 2.24) is 9.21 Å². The normalized spacial score (nSPS) is 15.4. The molecule has 0 unspecified atom stereocenters. The molecular weight excluding hydrogens is 432 g/mol. The predicted octanol–water partition coefficient (Wildman–Crippen LogP) is 2.17. The number of oxime groups is 1. The van der Waals surface area contributed by atoms with E-state index in [1.165, 1.54) is 45.8 Å². The number of piperazine rings is 1. The van der Waals surface area contributed by atoms with Crippen molar-refractivity contribution in [3.05, 3.63) is 60.2 Å². The van der Waals surface area contributed by atoms with Crippen LogP contribution in [-0.2, 0) is 19.7 Å². The third kappa shape index (κ3) is 5.98. The monoisotopic (exact) mass is 453 g/mol. The quantitative estimate of drug-likeness (QED) is 0.452. The van der Waals surface area contributed by atoms with Gasteiger partial charge in [-0.3, -0.25) is 4.79 Å². The van der Waals surface area contributed by atoms with Gasteiger partial charge in [-0.05, 0) is 24.3 Å². The molecule has 1 fully saturated rings. The number of carbonyl (C=O) groups excluding carboxylic acids is 1. The number of amides is 1. The zero-order chi connectivity index (χ0) is 22.3. The molecule has 8 nitrogen and oxygen atoms in total. The Morgan fingerprint density at radius 2 is 1.68 bits per heavy atom. The van der Waals surface area contributed by atoms with Crippen LogP contribution in [0.2, 0.25) is 0 Å². The van der Waals surface area contributed by atoms with Crippen LogP contribution in [-0.4, -0.2) is 69.1 Å². The second-order valence-electron chi connectivity index (χ2n) is 6.52. The lowest BCUT2D eigenvalue weighted by atomic mass is 10.2.